The molecule has 0 bridgehead atoms. The number of aliphatic imine (C=N–C) groups is 1. The van der Waals surface area contributed by atoms with E-state index in [4.69, 9.17) is 0 Å². The number of imidazole rings is 2. The molecule has 0 N–H and O–H groups in total. The van der Waals surface area contributed by atoms with Crippen molar-refractivity contribution in [2.24, 2.45) is 4.99 Å². The zero-order valence-electron chi connectivity index (χ0n) is 81.7. The van der Waals surface area contributed by atoms with Crippen LogP contribution in [0.15, 0.2) is 443 Å². The Morgan fingerprint density at radius 1 is 0.303 bits per heavy atom. The first kappa shape index (κ1) is 106. The second kappa shape index (κ2) is 51.6. The Bertz CT molecular complexity index is 7010. The predicted molar refractivity (Wildman–Crippen MR) is 589 cm³/mol. The third-order valence-electron chi connectivity index (χ3n) is 25.1. The fourth-order valence-corrected chi connectivity index (χ4v) is 18.3. The molecule has 719 valence electrons. The molecule has 0 amide bonds. The fraction of sp³-hybridized carbons (Fsp3) is 0.0820. The molecule has 0 aliphatic carbocycles. The van der Waals surface area contributed by atoms with E-state index in [9.17, 15) is 0 Å². The van der Waals surface area contributed by atoms with Gasteiger partial charge in [0.15, 0.2) is 0 Å². The molecule has 19 aromatic rings. The number of hydrogen-bond acceptors (Lipinski definition) is 13. The van der Waals surface area contributed by atoms with E-state index in [1.807, 2.05) is 251 Å². The van der Waals surface area contributed by atoms with Gasteiger partial charge in [0.2, 0.25) is 26.9 Å². The summed E-state index contributed by atoms with van der Waals surface area (Å²) in [6.07, 6.45) is 41.1. The molecule has 0 saturated heterocycles. The van der Waals surface area contributed by atoms with Crippen LogP contribution in [-0.4, -0.2) is 83.2 Å². The van der Waals surface area contributed by atoms with Crippen molar-refractivity contribution in [1.82, 2.24) is 43.6 Å². The predicted octanol–water partition coefficient (Wildman–Crippen LogP) is 23.2. The van der Waals surface area contributed by atoms with E-state index in [0.717, 1.165) is 74.4 Å². The number of pyridine rings is 6. The second-order valence-electron chi connectivity index (χ2n) is 34.7. The van der Waals surface area contributed by atoms with E-state index in [-0.39, 0.29) is 107 Å². The number of hydrogen-bond donors (Lipinski definition) is 0. The van der Waals surface area contributed by atoms with Crippen LogP contribution in [0, 0.1) is 111 Å². The number of fused-ring (bicyclic) bond motifs is 13. The maximum Gasteiger partial charge on any atom is 3.00 e. The van der Waals surface area contributed by atoms with Crippen molar-refractivity contribution in [3.63, 3.8) is 0 Å². The first-order valence-corrected chi connectivity index (χ1v) is 47.3. The maximum absolute atomic E-state index is 4.61. The van der Waals surface area contributed by atoms with Gasteiger partial charge >= 0.3 is 20.1 Å². The topological polar surface area (TPSA) is 118 Å². The molecule has 6 aliphatic heterocycles. The summed E-state index contributed by atoms with van der Waals surface area (Å²) in [7, 11) is 2.00. The van der Waals surface area contributed by atoms with Gasteiger partial charge in [-0.2, -0.15) is 37.0 Å². The zero-order valence-corrected chi connectivity index (χ0v) is 91.3. The summed E-state index contributed by atoms with van der Waals surface area (Å²) in [6.45, 7) is 20.5. The molecule has 0 spiro atoms. The molecular formula is C122H102B4Ir4N15-6. The summed E-state index contributed by atoms with van der Waals surface area (Å²) >= 11 is 0. The summed E-state index contributed by atoms with van der Waals surface area (Å²) in [4.78, 5) is 42.5. The smallest absolute Gasteiger partial charge is 0.510 e. The number of aromatic nitrogens is 8. The number of nitrogens with zero attached hydrogens (tertiary/aromatic N) is 15. The van der Waals surface area contributed by atoms with Crippen LogP contribution in [0.2, 0.25) is 0 Å². The van der Waals surface area contributed by atoms with Crippen molar-refractivity contribution in [2.45, 2.75) is 61.8 Å². The Morgan fingerprint density at radius 3 is 0.966 bits per heavy atom. The summed E-state index contributed by atoms with van der Waals surface area (Å²) < 4.78 is 4.24. The van der Waals surface area contributed by atoms with Crippen molar-refractivity contribution in [2.75, 3.05) is 31.5 Å². The molecule has 6 aliphatic rings. The monoisotopic (exact) mass is 2590 g/mol. The van der Waals surface area contributed by atoms with Gasteiger partial charge in [0.05, 0.1) is 17.0 Å². The van der Waals surface area contributed by atoms with Crippen molar-refractivity contribution in [3.05, 3.63) is 549 Å². The van der Waals surface area contributed by atoms with E-state index < -0.39 is 0 Å². The summed E-state index contributed by atoms with van der Waals surface area (Å²) in [5.74, 6) is 20.7. The first-order valence-electron chi connectivity index (χ1n) is 47.3. The molecule has 0 saturated carbocycles. The van der Waals surface area contributed by atoms with Crippen molar-refractivity contribution in [1.29, 1.82) is 0 Å². The summed E-state index contributed by atoms with van der Waals surface area (Å²) in [5, 5.41) is 7.06. The van der Waals surface area contributed by atoms with Crippen molar-refractivity contribution >= 4 is 144 Å². The first-order chi connectivity index (χ1) is 69.2. The van der Waals surface area contributed by atoms with E-state index in [2.05, 4.69) is 354 Å². The van der Waals surface area contributed by atoms with Gasteiger partial charge in [0.25, 0.3) is 0 Å². The van der Waals surface area contributed by atoms with Gasteiger partial charge in [-0.3, -0.25) is 9.97 Å². The Morgan fingerprint density at radius 2 is 0.641 bits per heavy atom. The average molecular weight is 2590 g/mol. The molecule has 11 aromatic carbocycles. The van der Waals surface area contributed by atoms with Crippen LogP contribution in [-0.2, 0) is 86.8 Å². The molecule has 0 atom stereocenters. The standard InChI is InChI=1S/4C17H16BN2.2C15H9N2.C14H10N.C10H10N2.4Ir/c4*1-14-6-5-7-15(2)17(14)18-9-12-20(13-10-18)16-8-3-4-11-19-16;2*1-2-7-13-11(5-1)12-6-3-4-8-14(12)17-10-9-16-15(13)17;1-2-6-11(7-3-1)14-10-12-8-4-5-9-13(12)15-14;1-11-7-8-12(9-11)10-5-3-2-4-6-10;;;;/h4*3-12H,1-2H3;2*1-6,8-10H;1-6,8-9H,10H2;2-5,7-9H,1H3;;;;/q7*-1;-2;;;;+3. The van der Waals surface area contributed by atoms with Crippen LogP contribution in [0.4, 0.5) is 34.6 Å². The van der Waals surface area contributed by atoms with Gasteiger partial charge in [-0.15, -0.1) is 198 Å². The van der Waals surface area contributed by atoms with Crippen molar-refractivity contribution in [3.8, 4) is 0 Å². The number of anilines is 5. The average Bonchev–Trinajstić information content (AvgIpc) is 1.67. The maximum atomic E-state index is 4.61. The molecule has 3 radical (unpaired) electrons. The minimum atomic E-state index is 0. The van der Waals surface area contributed by atoms with Crippen LogP contribution in [0.5, 0.6) is 0 Å². The summed E-state index contributed by atoms with van der Waals surface area (Å²) in [6, 6.07) is 115. The van der Waals surface area contributed by atoms with E-state index in [1.165, 1.54) is 105 Å². The molecule has 25 rings (SSSR count). The molecule has 23 heteroatoms. The van der Waals surface area contributed by atoms with Crippen molar-refractivity contribution < 1.29 is 80.4 Å². The molecule has 14 heterocycles. The molecule has 0 fully saturated rings. The molecular weight excluding hydrogens is 2490 g/mol. The Hall–Kier alpha value is -14.6. The third kappa shape index (κ3) is 25.8. The summed E-state index contributed by atoms with van der Waals surface area (Å²) in [5.41, 5.74) is 26.1. The Kier molecular flexibility index (Phi) is 37.8. The van der Waals surface area contributed by atoms with Crippen LogP contribution in [0.3, 0.4) is 0 Å². The van der Waals surface area contributed by atoms with E-state index in [1.54, 1.807) is 24.8 Å². The minimum Gasteiger partial charge on any atom is -0.510 e. The SMILES string of the molecule is CN1C=CN(c2[c-]cccc2)[CH-]1.Cc1cccc(C)c1B1C=[C-]N(c2ccccn2)C=C1.Cc1cccc(C)c1B1C=[C-]N(c2ccccn2)C=C1.Cc1cccc(C)c1B1C=[C-]N(c2ccccn2)C=C1.Cc1cccc(C)c1B1C=[C-]N(c2ccccn2)C=C1.[Ir+3].[Ir].[Ir].[Ir].[c-]1cccc2c1c1nccn1c1ccccc21.[c-]1cccc2c1c1nccn1c1ccccc21.[c-]1ccccc1C1=Nc2ccccc2C1. The van der Waals surface area contributed by atoms with E-state index in [0.29, 0.717) is 0 Å². The Labute approximate surface area is 907 Å². The molecule has 0 unspecified atom stereocenters. The Balaban J connectivity index is 0.000000131. The fourth-order valence-electron chi connectivity index (χ4n) is 18.3. The van der Waals surface area contributed by atoms with E-state index >= 15 is 0 Å². The van der Waals surface area contributed by atoms with Crippen LogP contribution >= 0.6 is 0 Å². The van der Waals surface area contributed by atoms with Crippen LogP contribution in [0.1, 0.15) is 55.6 Å². The van der Waals surface area contributed by atoms with Gasteiger partial charge in [-0.25, -0.2) is 0 Å². The quantitative estimate of drug-likeness (QED) is 0.0737. The third-order valence-corrected chi connectivity index (χ3v) is 25.1. The zero-order chi connectivity index (χ0) is 96.8. The normalized spacial score (nSPS) is 13.1. The molecule has 8 aromatic heterocycles. The van der Waals surface area contributed by atoms with Gasteiger partial charge < -0.3 is 63.1 Å². The van der Waals surface area contributed by atoms with Gasteiger partial charge in [0, 0.05) is 144 Å². The number of para-hydroxylation sites is 4. The number of aryl methyl sites for hydroxylation is 8. The van der Waals surface area contributed by atoms with Crippen LogP contribution < -0.4 is 46.4 Å². The van der Waals surface area contributed by atoms with Crippen LogP contribution in [0.25, 0.3) is 54.6 Å². The molecule has 15 nitrogen and oxygen atoms in total. The second-order valence-corrected chi connectivity index (χ2v) is 34.7. The van der Waals surface area contributed by atoms with Gasteiger partial charge in [-0.1, -0.05) is 253 Å². The largest absolute Gasteiger partial charge is 3.00 e. The number of rotatable bonds is 10. The van der Waals surface area contributed by atoms with Gasteiger partial charge in [-0.05, 0) is 146 Å². The number of benzene rings is 11. The minimum absolute atomic E-state index is 0. The molecule has 145 heavy (non-hydrogen) atoms. The van der Waals surface area contributed by atoms with Gasteiger partial charge in [0.1, 0.15) is 0 Å².